The first-order valence-electron chi connectivity index (χ1n) is 22.3. The van der Waals surface area contributed by atoms with Crippen LogP contribution >= 0.6 is 0 Å². The molecule has 0 atom stereocenters. The van der Waals surface area contributed by atoms with Crippen LogP contribution in [0.4, 0.5) is 0 Å². The predicted octanol–water partition coefficient (Wildman–Crippen LogP) is 11.6. The number of benzene rings is 7. The van der Waals surface area contributed by atoms with Crippen LogP contribution in [0.5, 0.6) is 11.5 Å². The van der Waals surface area contributed by atoms with Gasteiger partial charge in [0.05, 0.1) is 6.61 Å². The number of unbranched alkanes of at least 4 members (excludes halogenated alkanes) is 5. The lowest BCUT2D eigenvalue weighted by molar-refractivity contribution is -0.874. The van der Waals surface area contributed by atoms with E-state index < -0.39 is 11.9 Å². The summed E-state index contributed by atoms with van der Waals surface area (Å²) >= 11 is 0. The summed E-state index contributed by atoms with van der Waals surface area (Å²) in [4.78, 5) is 28.3. The van der Waals surface area contributed by atoms with E-state index in [2.05, 4.69) is 213 Å². The number of rotatable bonds is 24. The Morgan fingerprint density at radius 2 is 1.01 bits per heavy atom. The van der Waals surface area contributed by atoms with E-state index in [1.807, 2.05) is 18.1 Å². The first-order valence-corrected chi connectivity index (χ1v) is 22.3. The normalized spacial score (nSPS) is 10.8. The molecule has 0 aliphatic heterocycles. The molecular formula is C54H44O18. The number of carbonyl (C=O) groups is 2. The van der Waals surface area contributed by atoms with Gasteiger partial charge in [-0.3, -0.25) is 4.89 Å². The highest BCUT2D eigenvalue weighted by atomic mass is 18.0. The summed E-state index contributed by atoms with van der Waals surface area (Å²) in [5.41, 5.74) is 8.72. The minimum Gasteiger partial charge on any atom is -0.494 e. The predicted molar refractivity (Wildman–Crippen MR) is 254 cm³/mol. The molecule has 18 nitrogen and oxygen atoms in total. The molecule has 0 aliphatic rings. The fourth-order valence-corrected chi connectivity index (χ4v) is 7.87. The lowest BCUT2D eigenvalue weighted by Crippen LogP contribution is -2.06. The third-order valence-corrected chi connectivity index (χ3v) is 10.9. The van der Waals surface area contributed by atoms with Gasteiger partial charge in [0, 0.05) is 42.1 Å². The molecule has 18 heteroatoms. The fourth-order valence-electron chi connectivity index (χ4n) is 7.87. The molecule has 7 rings (SSSR count). The molecule has 0 aromatic heterocycles. The van der Waals surface area contributed by atoms with Crippen molar-refractivity contribution < 1.29 is 89.7 Å². The third kappa shape index (κ3) is 14.6. The number of esters is 1. The number of ether oxygens (including phenoxy) is 2. The highest BCUT2D eigenvalue weighted by molar-refractivity contribution is 6.22. The average molecular weight is 981 g/mol. The Balaban J connectivity index is 1.07. The van der Waals surface area contributed by atoms with E-state index in [0.29, 0.717) is 6.61 Å². The molecule has 0 heterocycles. The van der Waals surface area contributed by atoms with Crippen molar-refractivity contribution in [1.29, 1.82) is 0 Å². The average Bonchev–Trinajstić information content (AvgIpc) is 3.39. The van der Waals surface area contributed by atoms with Gasteiger partial charge in [-0.25, -0.2) is 14.8 Å². The van der Waals surface area contributed by atoms with Gasteiger partial charge in [0.25, 0.3) is 0 Å². The molecule has 0 saturated carbocycles. The first-order chi connectivity index (χ1) is 35.3. The molecule has 7 aromatic rings. The molecule has 7 aromatic carbocycles. The Bertz CT molecular complexity index is 3160. The van der Waals surface area contributed by atoms with Crippen molar-refractivity contribution >= 4 is 44.3 Å². The smallest absolute Gasteiger partial charge is 0.421 e. The quantitative estimate of drug-likeness (QED) is 0.00877. The standard InChI is InChI=1S/C54H44O18/c1-4-5-6-7-10-13-34-58-42-28-23-39(24-29-42)54-47-32-22-37(2)35-49(47)53(48-33-27-41(36-50(48)54)45-18-15-17-44-38(3)16-14-19-46(44)45)40-25-30-43(31-26-40)59-51(55)20-11-8-9-12-21-52(56)60-62-64-66-68-70-72-71-69-67-65-63-61-57/h14-19,22-33,35-36,57H,4-7,10,13,34H2,1-3H3. The Hall–Kier alpha value is -7.78. The Labute approximate surface area is 411 Å². The zero-order chi connectivity index (χ0) is 50.3. The van der Waals surface area contributed by atoms with Gasteiger partial charge in [-0.15, -0.1) is 0 Å². The monoisotopic (exact) mass is 980 g/mol. The summed E-state index contributed by atoms with van der Waals surface area (Å²) in [5.74, 6) is 12.1. The first kappa shape index (κ1) is 52.1. The fraction of sp³-hybridized carbons (Fsp3) is 0.185. The number of aryl methyl sites for hydroxylation is 2. The third-order valence-electron chi connectivity index (χ3n) is 10.9. The van der Waals surface area contributed by atoms with Crippen molar-refractivity contribution in [3.05, 3.63) is 132 Å². The van der Waals surface area contributed by atoms with Crippen molar-refractivity contribution in [3.8, 4) is 80.4 Å². The maximum atomic E-state index is 12.7. The lowest BCUT2D eigenvalue weighted by Gasteiger charge is -2.20. The maximum Gasteiger partial charge on any atom is 0.421 e. The maximum absolute atomic E-state index is 12.7. The van der Waals surface area contributed by atoms with E-state index in [1.165, 1.54) is 48.4 Å². The van der Waals surface area contributed by atoms with Gasteiger partial charge in [-0.2, -0.15) is 0 Å². The number of carbonyl (C=O) groups excluding carboxylic acids is 2. The molecular weight excluding hydrogens is 937 g/mol. The van der Waals surface area contributed by atoms with E-state index in [9.17, 15) is 9.59 Å². The number of hydrogen-bond acceptors (Lipinski definition) is 18. The summed E-state index contributed by atoms with van der Waals surface area (Å²) in [6, 6.07) is 41.9. The Morgan fingerprint density at radius 3 is 1.68 bits per heavy atom. The van der Waals surface area contributed by atoms with E-state index in [1.54, 1.807) is 12.1 Å². The van der Waals surface area contributed by atoms with Crippen LogP contribution in [0.25, 0.3) is 65.7 Å². The molecule has 0 fully saturated rings. The number of hydrogen-bond donors (Lipinski definition) is 1. The topological polar surface area (TPSA) is 193 Å². The van der Waals surface area contributed by atoms with Crippen LogP contribution in [-0.2, 0) is 74.9 Å². The second kappa shape index (κ2) is 27.6. The summed E-state index contributed by atoms with van der Waals surface area (Å²) in [5, 5.41) is 57.0. The van der Waals surface area contributed by atoms with E-state index in [0.717, 1.165) is 72.7 Å². The largest absolute Gasteiger partial charge is 0.494 e. The van der Waals surface area contributed by atoms with Crippen LogP contribution in [0.2, 0.25) is 0 Å². The summed E-state index contributed by atoms with van der Waals surface area (Å²) in [6.07, 6.45) is 7.21. The molecule has 0 amide bonds. The van der Waals surface area contributed by atoms with Crippen LogP contribution < -0.4 is 9.47 Å². The lowest BCUT2D eigenvalue weighted by atomic mass is 9.84. The minimum atomic E-state index is -1.29. The summed E-state index contributed by atoms with van der Waals surface area (Å²) < 4.78 is 11.7. The molecule has 0 radical (unpaired) electrons. The van der Waals surface area contributed by atoms with Crippen LogP contribution in [-0.4, -0.2) is 23.8 Å². The summed E-state index contributed by atoms with van der Waals surface area (Å²) in [6.45, 7) is 7.14. The van der Waals surface area contributed by atoms with Gasteiger partial charge in [0.1, 0.15) is 11.5 Å². The van der Waals surface area contributed by atoms with Gasteiger partial charge in [0.15, 0.2) is 0 Å². The van der Waals surface area contributed by atoms with Crippen molar-refractivity contribution in [2.45, 2.75) is 59.3 Å². The molecule has 1 N–H and O–H groups in total. The SMILES string of the molecule is CCCCCCCCOc1ccc(-c2c3ccc(C)cc3c(-c3ccc(OC(=O)C#CC#CC#CC(=O)OOOOOOOOOOOOOO)cc3)c3ccc(-c4cccc5c(C)cccc45)cc23)cc1. The second-order valence-corrected chi connectivity index (χ2v) is 15.5. The van der Waals surface area contributed by atoms with E-state index in [-0.39, 0.29) is 5.75 Å². The zero-order valence-corrected chi connectivity index (χ0v) is 38.9. The van der Waals surface area contributed by atoms with Crippen molar-refractivity contribution in [2.24, 2.45) is 0 Å². The van der Waals surface area contributed by atoms with Crippen LogP contribution in [0, 0.1) is 49.4 Å². The zero-order valence-electron chi connectivity index (χ0n) is 38.9. The minimum absolute atomic E-state index is 0.266. The van der Waals surface area contributed by atoms with Gasteiger partial charge in [0.2, 0.25) is 0 Å². The molecule has 368 valence electrons. The Kier molecular flexibility index (Phi) is 19.9. The molecule has 0 unspecified atom stereocenters. The van der Waals surface area contributed by atoms with Crippen molar-refractivity contribution in [2.75, 3.05) is 6.61 Å². The molecule has 0 spiro atoms. The molecule has 72 heavy (non-hydrogen) atoms. The van der Waals surface area contributed by atoms with E-state index >= 15 is 0 Å². The van der Waals surface area contributed by atoms with Crippen LogP contribution in [0.3, 0.4) is 0 Å². The van der Waals surface area contributed by atoms with Gasteiger partial charge in [-0.1, -0.05) is 136 Å². The number of fused-ring (bicyclic) bond motifs is 3. The highest BCUT2D eigenvalue weighted by Crippen LogP contribution is 2.46. The molecule has 0 aliphatic carbocycles. The second-order valence-electron chi connectivity index (χ2n) is 15.5. The van der Waals surface area contributed by atoms with Crippen molar-refractivity contribution in [1.82, 2.24) is 0 Å². The van der Waals surface area contributed by atoms with Gasteiger partial charge >= 0.3 is 11.9 Å². The van der Waals surface area contributed by atoms with Crippen molar-refractivity contribution in [3.63, 3.8) is 0 Å². The van der Waals surface area contributed by atoms with Crippen LogP contribution in [0.15, 0.2) is 121 Å². The van der Waals surface area contributed by atoms with Crippen LogP contribution in [0.1, 0.15) is 56.6 Å². The molecule has 0 saturated heterocycles. The summed E-state index contributed by atoms with van der Waals surface area (Å²) in [7, 11) is 0. The Morgan fingerprint density at radius 1 is 0.472 bits per heavy atom. The highest BCUT2D eigenvalue weighted by Gasteiger charge is 2.19. The van der Waals surface area contributed by atoms with Gasteiger partial charge < -0.3 is 9.47 Å². The van der Waals surface area contributed by atoms with E-state index in [4.69, 9.17) is 14.7 Å². The molecule has 0 bridgehead atoms. The van der Waals surface area contributed by atoms with Gasteiger partial charge in [-0.05, 0) is 176 Å².